The molecule has 4 aromatic carbocycles. The maximum Gasteiger partial charge on any atom is 0.204 e. The summed E-state index contributed by atoms with van der Waals surface area (Å²) in [5, 5.41) is 10.6. The van der Waals surface area contributed by atoms with Crippen LogP contribution in [0.15, 0.2) is 60.7 Å². The molecule has 6 bridgehead atoms. The Labute approximate surface area is 277 Å². The Morgan fingerprint density at radius 1 is 0.723 bits per heavy atom. The summed E-state index contributed by atoms with van der Waals surface area (Å²) in [5.74, 6) is 4.63. The number of aliphatic hydroxyl groups is 1. The molecule has 8 heteroatoms. The van der Waals surface area contributed by atoms with Crippen LogP contribution in [0, 0.1) is 0 Å². The minimum Gasteiger partial charge on any atom is -0.493 e. The van der Waals surface area contributed by atoms with Crippen LogP contribution in [0.3, 0.4) is 0 Å². The molecule has 0 fully saturated rings. The third kappa shape index (κ3) is 5.79. The number of nitrogens with zero attached hydrogens (tertiary/aromatic N) is 2. The van der Waals surface area contributed by atoms with Crippen molar-refractivity contribution >= 4 is 0 Å². The fourth-order valence-electron chi connectivity index (χ4n) is 7.49. The van der Waals surface area contributed by atoms with Gasteiger partial charge in [0.1, 0.15) is 11.5 Å². The average Bonchev–Trinajstić information content (AvgIpc) is 3.07. The van der Waals surface area contributed by atoms with Gasteiger partial charge in [0.05, 0.1) is 27.4 Å². The SMILES string of the molecule is COc1cc2c3cc1Oc1c(OC)c(OC)cc4c1[C@H](Cc1ccc(cc1)Oc1cc(ccc1C(C)O)C[C@H]3N(C)CC2)N(C)CC4. The summed E-state index contributed by atoms with van der Waals surface area (Å²) in [7, 11) is 9.38. The Morgan fingerprint density at radius 3 is 2.09 bits per heavy atom. The highest BCUT2D eigenvalue weighted by atomic mass is 16.5. The number of likely N-dealkylation sites (N-methyl/N-ethyl adjacent to an activating group) is 2. The van der Waals surface area contributed by atoms with Gasteiger partial charge in [-0.3, -0.25) is 9.80 Å². The molecule has 0 radical (unpaired) electrons. The summed E-state index contributed by atoms with van der Waals surface area (Å²) in [5.41, 5.74) is 7.81. The molecule has 4 aliphatic heterocycles. The maximum absolute atomic E-state index is 10.6. The molecule has 4 heterocycles. The monoisotopic (exact) mass is 636 g/mol. The van der Waals surface area contributed by atoms with Crippen LogP contribution in [0.1, 0.15) is 64.1 Å². The van der Waals surface area contributed by atoms with Crippen LogP contribution in [0.4, 0.5) is 0 Å². The van der Waals surface area contributed by atoms with E-state index in [4.69, 9.17) is 23.7 Å². The third-order valence-corrected chi connectivity index (χ3v) is 10.1. The summed E-state index contributed by atoms with van der Waals surface area (Å²) in [6, 6.07) is 21.0. The van der Waals surface area contributed by atoms with Gasteiger partial charge in [-0.2, -0.15) is 0 Å². The minimum absolute atomic E-state index is 0.0280. The van der Waals surface area contributed by atoms with E-state index in [1.54, 1.807) is 28.3 Å². The first-order chi connectivity index (χ1) is 22.8. The van der Waals surface area contributed by atoms with Crippen molar-refractivity contribution in [2.45, 2.75) is 50.8 Å². The Kier molecular flexibility index (Phi) is 8.51. The van der Waals surface area contributed by atoms with Gasteiger partial charge in [-0.25, -0.2) is 0 Å². The zero-order valence-corrected chi connectivity index (χ0v) is 28.1. The molecule has 246 valence electrons. The van der Waals surface area contributed by atoms with Crippen molar-refractivity contribution in [2.24, 2.45) is 0 Å². The summed E-state index contributed by atoms with van der Waals surface area (Å²) in [4.78, 5) is 4.79. The van der Waals surface area contributed by atoms with E-state index in [0.29, 0.717) is 34.5 Å². The molecule has 1 unspecified atom stereocenters. The van der Waals surface area contributed by atoms with Crippen LogP contribution in [-0.2, 0) is 25.7 Å². The highest BCUT2D eigenvalue weighted by molar-refractivity contribution is 5.63. The first-order valence-electron chi connectivity index (χ1n) is 16.4. The predicted molar refractivity (Wildman–Crippen MR) is 182 cm³/mol. The standard InChI is InChI=1S/C39H44N2O6/c1-23(42)29-12-9-25-18-31-30-22-35(34(43-4)20-26(30)13-15-40(31)2)47-39-37-27(21-36(44-5)38(39)45-6)14-16-41(3)32(37)17-24-7-10-28(11-8-24)46-33(29)19-25/h7-12,19-23,31-32,42H,13-18H2,1-6H3/t23?,31-,32+/m1/s1. The largest absolute Gasteiger partial charge is 0.493 e. The van der Waals surface area contributed by atoms with Gasteiger partial charge in [-0.15, -0.1) is 0 Å². The normalized spacial score (nSPS) is 19.8. The van der Waals surface area contributed by atoms with Crippen LogP contribution in [0.25, 0.3) is 0 Å². The smallest absolute Gasteiger partial charge is 0.204 e. The fourth-order valence-corrected chi connectivity index (χ4v) is 7.49. The molecule has 0 aliphatic carbocycles. The Bertz CT molecular complexity index is 1790. The second-order valence-corrected chi connectivity index (χ2v) is 13.0. The van der Waals surface area contributed by atoms with Crippen molar-refractivity contribution in [3.05, 3.63) is 99.6 Å². The van der Waals surface area contributed by atoms with Crippen molar-refractivity contribution in [1.29, 1.82) is 0 Å². The number of ether oxygens (including phenoxy) is 5. The van der Waals surface area contributed by atoms with E-state index >= 15 is 0 Å². The van der Waals surface area contributed by atoms with E-state index in [2.05, 4.69) is 66.4 Å². The Balaban J connectivity index is 1.46. The molecule has 3 atom stereocenters. The molecule has 8 nitrogen and oxygen atoms in total. The van der Waals surface area contributed by atoms with Gasteiger partial charge in [0.25, 0.3) is 0 Å². The number of rotatable bonds is 4. The van der Waals surface area contributed by atoms with E-state index in [0.717, 1.165) is 61.2 Å². The molecule has 0 spiro atoms. The highest BCUT2D eigenvalue weighted by Gasteiger charge is 2.34. The summed E-state index contributed by atoms with van der Waals surface area (Å²) in [6.07, 6.45) is 2.64. The molecule has 0 aromatic heterocycles. The van der Waals surface area contributed by atoms with Crippen molar-refractivity contribution in [1.82, 2.24) is 9.80 Å². The highest BCUT2D eigenvalue weighted by Crippen LogP contribution is 2.51. The van der Waals surface area contributed by atoms with Crippen LogP contribution in [0.5, 0.6) is 40.2 Å². The second kappa shape index (κ2) is 12.8. The first-order valence-corrected chi connectivity index (χ1v) is 16.4. The van der Waals surface area contributed by atoms with Crippen molar-refractivity contribution in [2.75, 3.05) is 48.5 Å². The third-order valence-electron chi connectivity index (χ3n) is 10.1. The molecule has 4 aromatic rings. The Hall–Kier alpha value is -4.24. The van der Waals surface area contributed by atoms with E-state index in [1.807, 2.05) is 18.2 Å². The molecule has 47 heavy (non-hydrogen) atoms. The number of methoxy groups -OCH3 is 3. The van der Waals surface area contributed by atoms with Crippen LogP contribution >= 0.6 is 0 Å². The van der Waals surface area contributed by atoms with Crippen molar-refractivity contribution in [3.63, 3.8) is 0 Å². The van der Waals surface area contributed by atoms with E-state index < -0.39 is 6.10 Å². The lowest BCUT2D eigenvalue weighted by atomic mass is 9.87. The zero-order chi connectivity index (χ0) is 32.8. The van der Waals surface area contributed by atoms with E-state index in [1.165, 1.54) is 22.3 Å². The predicted octanol–water partition coefficient (Wildman–Crippen LogP) is 7.21. The quantitative estimate of drug-likeness (QED) is 0.252. The number of fused-ring (bicyclic) bond motifs is 2. The Morgan fingerprint density at radius 2 is 1.38 bits per heavy atom. The molecule has 0 saturated carbocycles. The number of hydrogen-bond donors (Lipinski definition) is 1. The van der Waals surface area contributed by atoms with Crippen LogP contribution in [-0.4, -0.2) is 63.4 Å². The van der Waals surface area contributed by atoms with Gasteiger partial charge in [0, 0.05) is 36.3 Å². The average molecular weight is 637 g/mol. The first kappa shape index (κ1) is 31.4. The molecule has 1 N–H and O–H groups in total. The topological polar surface area (TPSA) is 72.9 Å². The van der Waals surface area contributed by atoms with E-state index in [-0.39, 0.29) is 12.1 Å². The van der Waals surface area contributed by atoms with Gasteiger partial charge in [-0.1, -0.05) is 24.3 Å². The van der Waals surface area contributed by atoms with Crippen molar-refractivity contribution < 1.29 is 28.8 Å². The van der Waals surface area contributed by atoms with E-state index in [9.17, 15) is 5.11 Å². The second-order valence-electron chi connectivity index (χ2n) is 13.0. The van der Waals surface area contributed by atoms with Gasteiger partial charge in [0.2, 0.25) is 5.75 Å². The summed E-state index contributed by atoms with van der Waals surface area (Å²) in [6.45, 7) is 3.61. The lowest BCUT2D eigenvalue weighted by molar-refractivity contribution is 0.195. The molecule has 4 aliphatic rings. The van der Waals surface area contributed by atoms with Gasteiger partial charge >= 0.3 is 0 Å². The summed E-state index contributed by atoms with van der Waals surface area (Å²) < 4.78 is 31.4. The summed E-state index contributed by atoms with van der Waals surface area (Å²) >= 11 is 0. The number of hydrogen-bond acceptors (Lipinski definition) is 8. The fraction of sp³-hybridized carbons (Fsp3) is 0.385. The molecule has 0 amide bonds. The lowest BCUT2D eigenvalue weighted by Crippen LogP contribution is -2.34. The van der Waals surface area contributed by atoms with Gasteiger partial charge < -0.3 is 28.8 Å². The molecular formula is C39H44N2O6. The maximum atomic E-state index is 10.6. The van der Waals surface area contributed by atoms with Gasteiger partial charge in [-0.05, 0) is 111 Å². The van der Waals surface area contributed by atoms with Crippen molar-refractivity contribution in [3.8, 4) is 40.2 Å². The molecule has 0 saturated heterocycles. The van der Waals surface area contributed by atoms with Crippen LogP contribution < -0.4 is 23.7 Å². The zero-order valence-electron chi connectivity index (χ0n) is 28.1. The number of benzene rings is 4. The molecule has 8 rings (SSSR count). The molecular weight excluding hydrogens is 592 g/mol. The lowest BCUT2D eigenvalue weighted by Gasteiger charge is -2.37. The van der Waals surface area contributed by atoms with Crippen LogP contribution in [0.2, 0.25) is 0 Å². The van der Waals surface area contributed by atoms with Gasteiger partial charge in [0.15, 0.2) is 23.0 Å². The number of aliphatic hydroxyl groups excluding tert-OH is 1. The minimum atomic E-state index is -0.659.